The number of hydrogen-bond donors (Lipinski definition) is 1. The van der Waals surface area contributed by atoms with Crippen LogP contribution in [-0.4, -0.2) is 23.7 Å². The lowest BCUT2D eigenvalue weighted by Gasteiger charge is -2.38. The Bertz CT molecular complexity index is 1210. The van der Waals surface area contributed by atoms with Gasteiger partial charge in [-0.2, -0.15) is 0 Å². The molecule has 0 amide bonds. The predicted molar refractivity (Wildman–Crippen MR) is 148 cm³/mol. The fourth-order valence-corrected chi connectivity index (χ4v) is 5.22. The van der Waals surface area contributed by atoms with E-state index in [4.69, 9.17) is 16.3 Å². The molecule has 3 aromatic rings. The van der Waals surface area contributed by atoms with Gasteiger partial charge < -0.3 is 10.1 Å². The largest absolute Gasteiger partial charge is 0.493 e. The molecule has 2 fully saturated rings. The SMILES string of the molecule is Cc1cc(C#Cc2ccc(-c3ccc(Cl)cc3)cn2)ccc1OCCC1(NCC2CC2)CCCCC1. The molecule has 186 valence electrons. The summed E-state index contributed by atoms with van der Waals surface area (Å²) in [5.74, 6) is 8.30. The van der Waals surface area contributed by atoms with E-state index >= 15 is 0 Å². The van der Waals surface area contributed by atoms with Crippen LogP contribution in [-0.2, 0) is 0 Å². The van der Waals surface area contributed by atoms with Crippen LogP contribution >= 0.6 is 11.6 Å². The van der Waals surface area contributed by atoms with Gasteiger partial charge in [-0.1, -0.05) is 55.0 Å². The second-order valence-corrected chi connectivity index (χ2v) is 10.9. The number of ether oxygens (including phenoxy) is 1. The molecule has 0 aliphatic heterocycles. The minimum atomic E-state index is 0.274. The van der Waals surface area contributed by atoms with E-state index in [2.05, 4.69) is 41.2 Å². The van der Waals surface area contributed by atoms with E-state index in [9.17, 15) is 0 Å². The van der Waals surface area contributed by atoms with Gasteiger partial charge in [-0.25, -0.2) is 4.98 Å². The highest BCUT2D eigenvalue weighted by Crippen LogP contribution is 2.34. The number of aryl methyl sites for hydroxylation is 1. The Labute approximate surface area is 220 Å². The molecule has 0 radical (unpaired) electrons. The average molecular weight is 499 g/mol. The number of pyridine rings is 1. The molecular formula is C32H35ClN2O. The van der Waals surface area contributed by atoms with Crippen molar-refractivity contribution in [2.75, 3.05) is 13.2 Å². The van der Waals surface area contributed by atoms with E-state index in [0.29, 0.717) is 0 Å². The molecule has 0 spiro atoms. The minimum Gasteiger partial charge on any atom is -0.493 e. The van der Waals surface area contributed by atoms with Crippen molar-refractivity contribution in [2.45, 2.75) is 63.8 Å². The third kappa shape index (κ3) is 6.69. The van der Waals surface area contributed by atoms with E-state index in [-0.39, 0.29) is 5.54 Å². The molecule has 3 nitrogen and oxygen atoms in total. The van der Waals surface area contributed by atoms with Gasteiger partial charge in [0.2, 0.25) is 0 Å². The standard InChI is InChI=1S/C32H35ClN2O/c1-24-21-25(7-14-30-15-11-28(23-34-30)27-9-12-29(33)13-10-27)8-16-31(24)36-20-19-32(17-3-2-4-18-32)35-22-26-5-6-26/h8-13,15-16,21,23,26,35H,2-6,17-20,22H2,1H3. The highest BCUT2D eigenvalue weighted by atomic mass is 35.5. The Morgan fingerprint density at radius 3 is 2.44 bits per heavy atom. The Kier molecular flexibility index (Phi) is 7.95. The zero-order valence-corrected chi connectivity index (χ0v) is 21.9. The van der Waals surface area contributed by atoms with Crippen molar-refractivity contribution in [1.29, 1.82) is 0 Å². The molecule has 0 saturated heterocycles. The number of benzene rings is 2. The molecule has 2 aliphatic carbocycles. The van der Waals surface area contributed by atoms with Crippen LogP contribution in [0.15, 0.2) is 60.8 Å². The van der Waals surface area contributed by atoms with Gasteiger partial charge in [-0.05, 0) is 105 Å². The van der Waals surface area contributed by atoms with Crippen molar-refractivity contribution in [2.24, 2.45) is 5.92 Å². The van der Waals surface area contributed by atoms with Crippen molar-refractivity contribution < 1.29 is 4.74 Å². The summed E-state index contributed by atoms with van der Waals surface area (Å²) in [6.45, 7) is 4.04. The van der Waals surface area contributed by atoms with Crippen LogP contribution < -0.4 is 10.1 Å². The van der Waals surface area contributed by atoms with Gasteiger partial charge in [-0.3, -0.25) is 0 Å². The third-order valence-corrected chi connectivity index (χ3v) is 7.81. The van der Waals surface area contributed by atoms with Crippen LogP contribution in [0.5, 0.6) is 5.75 Å². The summed E-state index contributed by atoms with van der Waals surface area (Å²) >= 11 is 5.99. The molecular weight excluding hydrogens is 464 g/mol. The zero-order chi connectivity index (χ0) is 24.8. The summed E-state index contributed by atoms with van der Waals surface area (Å²) in [6.07, 6.45) is 12.4. The maximum Gasteiger partial charge on any atom is 0.122 e. The third-order valence-electron chi connectivity index (χ3n) is 7.56. The second-order valence-electron chi connectivity index (χ2n) is 10.4. The van der Waals surface area contributed by atoms with Gasteiger partial charge in [-0.15, -0.1) is 0 Å². The molecule has 0 unspecified atom stereocenters. The summed E-state index contributed by atoms with van der Waals surface area (Å²) in [4.78, 5) is 4.52. The Balaban J connectivity index is 1.17. The van der Waals surface area contributed by atoms with Crippen molar-refractivity contribution in [3.63, 3.8) is 0 Å². The van der Waals surface area contributed by atoms with Gasteiger partial charge >= 0.3 is 0 Å². The monoisotopic (exact) mass is 498 g/mol. The first kappa shape index (κ1) is 24.9. The molecule has 1 aromatic heterocycles. The molecule has 4 heteroatoms. The first-order chi connectivity index (χ1) is 17.6. The number of halogens is 1. The van der Waals surface area contributed by atoms with Gasteiger partial charge in [0, 0.05) is 27.9 Å². The highest BCUT2D eigenvalue weighted by Gasteiger charge is 2.33. The average Bonchev–Trinajstić information content (AvgIpc) is 3.74. The van der Waals surface area contributed by atoms with E-state index in [1.54, 1.807) is 0 Å². The number of aromatic nitrogens is 1. The van der Waals surface area contributed by atoms with Gasteiger partial charge in [0.1, 0.15) is 11.4 Å². The highest BCUT2D eigenvalue weighted by molar-refractivity contribution is 6.30. The molecule has 1 heterocycles. The smallest absolute Gasteiger partial charge is 0.122 e. The van der Waals surface area contributed by atoms with E-state index < -0.39 is 0 Å². The lowest BCUT2D eigenvalue weighted by molar-refractivity contribution is 0.172. The molecule has 2 aromatic carbocycles. The van der Waals surface area contributed by atoms with E-state index in [0.717, 1.165) is 57.7 Å². The quantitative estimate of drug-likeness (QED) is 0.325. The molecule has 1 N–H and O–H groups in total. The second kappa shape index (κ2) is 11.5. The normalized spacial score (nSPS) is 16.7. The summed E-state index contributed by atoms with van der Waals surface area (Å²) in [5.41, 5.74) is 5.26. The molecule has 2 saturated carbocycles. The van der Waals surface area contributed by atoms with Crippen LogP contribution in [0.1, 0.15) is 68.2 Å². The Hall–Kier alpha value is -2.80. The number of nitrogens with one attached hydrogen (secondary N) is 1. The first-order valence-electron chi connectivity index (χ1n) is 13.3. The van der Waals surface area contributed by atoms with Crippen molar-refractivity contribution >= 4 is 11.6 Å². The summed E-state index contributed by atoms with van der Waals surface area (Å²) < 4.78 is 6.26. The molecule has 0 atom stereocenters. The maximum absolute atomic E-state index is 6.26. The van der Waals surface area contributed by atoms with Crippen LogP contribution in [0, 0.1) is 24.7 Å². The zero-order valence-electron chi connectivity index (χ0n) is 21.2. The molecule has 0 bridgehead atoms. The Morgan fingerprint density at radius 1 is 0.972 bits per heavy atom. The lowest BCUT2D eigenvalue weighted by atomic mass is 9.79. The van der Waals surface area contributed by atoms with Crippen LogP contribution in [0.25, 0.3) is 11.1 Å². The van der Waals surface area contributed by atoms with Gasteiger partial charge in [0.05, 0.1) is 6.61 Å². The number of nitrogens with zero attached hydrogens (tertiary/aromatic N) is 1. The Morgan fingerprint density at radius 2 is 1.75 bits per heavy atom. The first-order valence-corrected chi connectivity index (χ1v) is 13.7. The predicted octanol–water partition coefficient (Wildman–Crippen LogP) is 7.58. The summed E-state index contributed by atoms with van der Waals surface area (Å²) in [5, 5.41) is 4.68. The molecule has 5 rings (SSSR count). The van der Waals surface area contributed by atoms with Crippen molar-refractivity contribution in [3.05, 3.63) is 82.6 Å². The van der Waals surface area contributed by atoms with Crippen molar-refractivity contribution in [1.82, 2.24) is 10.3 Å². The fourth-order valence-electron chi connectivity index (χ4n) is 5.09. The summed E-state index contributed by atoms with van der Waals surface area (Å²) in [6, 6.07) is 18.0. The number of rotatable bonds is 8. The lowest BCUT2D eigenvalue weighted by Crippen LogP contribution is -2.48. The van der Waals surface area contributed by atoms with E-state index in [1.165, 1.54) is 51.5 Å². The topological polar surface area (TPSA) is 34.1 Å². The summed E-state index contributed by atoms with van der Waals surface area (Å²) in [7, 11) is 0. The number of hydrogen-bond acceptors (Lipinski definition) is 3. The van der Waals surface area contributed by atoms with Crippen LogP contribution in [0.3, 0.4) is 0 Å². The molecule has 36 heavy (non-hydrogen) atoms. The van der Waals surface area contributed by atoms with Gasteiger partial charge in [0.15, 0.2) is 0 Å². The molecule has 2 aliphatic rings. The maximum atomic E-state index is 6.26. The van der Waals surface area contributed by atoms with Crippen molar-refractivity contribution in [3.8, 4) is 28.7 Å². The van der Waals surface area contributed by atoms with Crippen LogP contribution in [0.4, 0.5) is 0 Å². The minimum absolute atomic E-state index is 0.274. The van der Waals surface area contributed by atoms with Gasteiger partial charge in [0.25, 0.3) is 0 Å². The van der Waals surface area contributed by atoms with Crippen LogP contribution in [0.2, 0.25) is 5.02 Å². The fraction of sp³-hybridized carbons (Fsp3) is 0.406. The van der Waals surface area contributed by atoms with E-state index in [1.807, 2.05) is 48.7 Å².